The zero-order chi connectivity index (χ0) is 11.0. The molecule has 1 atom stereocenters. The minimum Gasteiger partial charge on any atom is -0.506 e. The molecule has 0 radical (unpaired) electrons. The number of nitrogen functional groups attached to an aromatic ring is 1. The van der Waals surface area contributed by atoms with Gasteiger partial charge in [-0.1, -0.05) is 6.92 Å². The molecule has 0 bridgehead atoms. The molecule has 3 N–H and O–H groups in total. The number of benzene rings is 1. The monoisotopic (exact) mass is 222 g/mol. The van der Waals surface area contributed by atoms with Crippen LogP contribution in [-0.2, 0) is 0 Å². The third-order valence-electron chi connectivity index (χ3n) is 2.53. The summed E-state index contributed by atoms with van der Waals surface area (Å²) < 4.78 is 0. The fourth-order valence-electron chi connectivity index (χ4n) is 1.57. The summed E-state index contributed by atoms with van der Waals surface area (Å²) in [4.78, 5) is 4.46. The molecular formula is C11H14N2OS. The molecule has 0 amide bonds. The van der Waals surface area contributed by atoms with E-state index in [2.05, 4.69) is 11.9 Å². The van der Waals surface area contributed by atoms with Crippen molar-refractivity contribution in [2.45, 2.75) is 19.1 Å². The van der Waals surface area contributed by atoms with E-state index in [4.69, 9.17) is 5.73 Å². The van der Waals surface area contributed by atoms with E-state index in [0.29, 0.717) is 10.9 Å². The molecule has 4 heteroatoms. The van der Waals surface area contributed by atoms with Crippen molar-refractivity contribution in [3.63, 3.8) is 0 Å². The van der Waals surface area contributed by atoms with Crippen LogP contribution in [0, 0.1) is 6.92 Å². The van der Waals surface area contributed by atoms with Crippen molar-refractivity contribution in [2.75, 3.05) is 12.3 Å². The van der Waals surface area contributed by atoms with Gasteiger partial charge in [-0.2, -0.15) is 0 Å². The Morgan fingerprint density at radius 3 is 2.87 bits per heavy atom. The van der Waals surface area contributed by atoms with E-state index < -0.39 is 0 Å². The second-order valence-electron chi connectivity index (χ2n) is 3.75. The number of hydrogen-bond donors (Lipinski definition) is 2. The van der Waals surface area contributed by atoms with E-state index in [-0.39, 0.29) is 5.75 Å². The summed E-state index contributed by atoms with van der Waals surface area (Å²) in [7, 11) is 0. The van der Waals surface area contributed by atoms with Gasteiger partial charge in [-0.25, -0.2) is 0 Å². The van der Waals surface area contributed by atoms with Crippen LogP contribution >= 0.6 is 11.8 Å². The number of aromatic hydroxyl groups is 1. The third kappa shape index (κ3) is 1.81. The number of phenols is 1. The maximum Gasteiger partial charge on any atom is 0.138 e. The Kier molecular flexibility index (Phi) is 2.61. The second kappa shape index (κ2) is 3.77. The first kappa shape index (κ1) is 10.4. The van der Waals surface area contributed by atoms with E-state index in [0.717, 1.165) is 22.7 Å². The molecule has 0 spiro atoms. The van der Waals surface area contributed by atoms with Gasteiger partial charge in [0.05, 0.1) is 17.3 Å². The normalized spacial score (nSPS) is 20.4. The molecule has 1 aromatic carbocycles. The number of hydrogen-bond acceptors (Lipinski definition) is 4. The molecule has 0 aromatic heterocycles. The topological polar surface area (TPSA) is 58.6 Å². The number of nitrogens with zero attached hydrogens (tertiary/aromatic N) is 1. The number of aliphatic imine (C=N–C) groups is 1. The van der Waals surface area contributed by atoms with Gasteiger partial charge in [0.25, 0.3) is 0 Å². The zero-order valence-electron chi connectivity index (χ0n) is 8.82. The summed E-state index contributed by atoms with van der Waals surface area (Å²) >= 11 is 1.76. The molecule has 1 unspecified atom stereocenters. The first-order chi connectivity index (χ1) is 7.09. The quantitative estimate of drug-likeness (QED) is 0.565. The van der Waals surface area contributed by atoms with Gasteiger partial charge in [0.15, 0.2) is 0 Å². The van der Waals surface area contributed by atoms with E-state index in [1.165, 1.54) is 0 Å². The van der Waals surface area contributed by atoms with Gasteiger partial charge in [-0.15, -0.1) is 11.8 Å². The summed E-state index contributed by atoms with van der Waals surface area (Å²) in [5.41, 5.74) is 8.18. The minimum absolute atomic E-state index is 0.146. The Morgan fingerprint density at radius 2 is 2.27 bits per heavy atom. The summed E-state index contributed by atoms with van der Waals surface area (Å²) in [6.45, 7) is 4.93. The van der Waals surface area contributed by atoms with Gasteiger partial charge in [0.2, 0.25) is 0 Å². The van der Waals surface area contributed by atoms with Crippen molar-refractivity contribution in [3.8, 4) is 5.75 Å². The standard InChI is InChI=1S/C11H14N2OS/c1-6-5-13-11(15-6)8-3-4-9(14)10(12)7(8)2/h3-4,6,14H,5,12H2,1-2H3. The summed E-state index contributed by atoms with van der Waals surface area (Å²) in [5, 5.41) is 11.0. The van der Waals surface area contributed by atoms with Crippen LogP contribution in [0.4, 0.5) is 5.69 Å². The lowest BCUT2D eigenvalue weighted by atomic mass is 10.1. The first-order valence-electron chi connectivity index (χ1n) is 4.89. The summed E-state index contributed by atoms with van der Waals surface area (Å²) in [6.07, 6.45) is 0. The Labute approximate surface area is 93.4 Å². The molecule has 0 aliphatic carbocycles. The lowest BCUT2D eigenvalue weighted by Gasteiger charge is -2.09. The molecule has 15 heavy (non-hydrogen) atoms. The highest BCUT2D eigenvalue weighted by Gasteiger charge is 2.19. The Balaban J connectivity index is 2.42. The van der Waals surface area contributed by atoms with Crippen molar-refractivity contribution in [1.82, 2.24) is 0 Å². The van der Waals surface area contributed by atoms with E-state index in [1.807, 2.05) is 13.0 Å². The van der Waals surface area contributed by atoms with E-state index in [9.17, 15) is 5.11 Å². The van der Waals surface area contributed by atoms with Crippen LogP contribution in [-0.4, -0.2) is 21.9 Å². The van der Waals surface area contributed by atoms with Gasteiger partial charge in [-0.3, -0.25) is 4.99 Å². The molecule has 1 aliphatic heterocycles. The molecule has 80 valence electrons. The zero-order valence-corrected chi connectivity index (χ0v) is 9.64. The molecule has 0 saturated carbocycles. The molecule has 0 saturated heterocycles. The lowest BCUT2D eigenvalue weighted by molar-refractivity contribution is 0.477. The molecular weight excluding hydrogens is 208 g/mol. The van der Waals surface area contributed by atoms with Crippen LogP contribution in [0.25, 0.3) is 0 Å². The molecule has 2 rings (SSSR count). The number of thioether (sulfide) groups is 1. The maximum atomic E-state index is 9.45. The minimum atomic E-state index is 0.146. The fraction of sp³-hybridized carbons (Fsp3) is 0.364. The van der Waals surface area contributed by atoms with Crippen LogP contribution < -0.4 is 5.73 Å². The van der Waals surface area contributed by atoms with Crippen LogP contribution in [0.2, 0.25) is 0 Å². The number of anilines is 1. The average Bonchev–Trinajstić information content (AvgIpc) is 2.61. The molecule has 1 aromatic rings. The Hall–Kier alpha value is -1.16. The van der Waals surface area contributed by atoms with Crippen LogP contribution in [0.1, 0.15) is 18.1 Å². The SMILES string of the molecule is Cc1c(C2=NCC(C)S2)ccc(O)c1N. The van der Waals surface area contributed by atoms with Gasteiger partial charge in [0.1, 0.15) is 5.75 Å². The van der Waals surface area contributed by atoms with Gasteiger partial charge < -0.3 is 10.8 Å². The fourth-order valence-corrected chi connectivity index (χ4v) is 2.60. The molecule has 3 nitrogen and oxygen atoms in total. The van der Waals surface area contributed by atoms with Gasteiger partial charge >= 0.3 is 0 Å². The third-order valence-corrected chi connectivity index (χ3v) is 3.65. The molecule has 1 aliphatic rings. The predicted octanol–water partition coefficient (Wildman–Crippen LogP) is 2.16. The van der Waals surface area contributed by atoms with Crippen molar-refractivity contribution < 1.29 is 5.11 Å². The smallest absolute Gasteiger partial charge is 0.138 e. The van der Waals surface area contributed by atoms with Gasteiger partial charge in [-0.05, 0) is 24.6 Å². The van der Waals surface area contributed by atoms with E-state index >= 15 is 0 Å². The van der Waals surface area contributed by atoms with E-state index in [1.54, 1.807) is 17.8 Å². The molecule has 1 heterocycles. The highest BCUT2D eigenvalue weighted by Crippen LogP contribution is 2.32. The van der Waals surface area contributed by atoms with Crippen LogP contribution in [0.3, 0.4) is 0 Å². The van der Waals surface area contributed by atoms with Crippen molar-refractivity contribution in [1.29, 1.82) is 0 Å². The van der Waals surface area contributed by atoms with Crippen LogP contribution in [0.5, 0.6) is 5.75 Å². The largest absolute Gasteiger partial charge is 0.506 e. The second-order valence-corrected chi connectivity index (χ2v) is 5.17. The first-order valence-corrected chi connectivity index (χ1v) is 5.77. The number of phenolic OH excluding ortho intramolecular Hbond substituents is 1. The molecule has 0 fully saturated rings. The predicted molar refractivity (Wildman–Crippen MR) is 65.7 cm³/mol. The van der Waals surface area contributed by atoms with Crippen molar-refractivity contribution in [3.05, 3.63) is 23.3 Å². The van der Waals surface area contributed by atoms with Gasteiger partial charge in [0, 0.05) is 10.8 Å². The summed E-state index contributed by atoms with van der Waals surface area (Å²) in [5.74, 6) is 0.146. The Morgan fingerprint density at radius 1 is 1.53 bits per heavy atom. The average molecular weight is 222 g/mol. The Bertz CT molecular complexity index is 429. The lowest BCUT2D eigenvalue weighted by Crippen LogP contribution is -2.01. The maximum absolute atomic E-state index is 9.45. The number of rotatable bonds is 1. The highest BCUT2D eigenvalue weighted by molar-refractivity contribution is 8.15. The van der Waals surface area contributed by atoms with Crippen LogP contribution in [0.15, 0.2) is 17.1 Å². The highest BCUT2D eigenvalue weighted by atomic mass is 32.2. The van der Waals surface area contributed by atoms with Crippen molar-refractivity contribution in [2.24, 2.45) is 4.99 Å². The summed E-state index contributed by atoms with van der Waals surface area (Å²) in [6, 6.07) is 3.51. The van der Waals surface area contributed by atoms with Crippen molar-refractivity contribution >= 4 is 22.5 Å². The number of nitrogens with two attached hydrogens (primary N) is 1.